The van der Waals surface area contributed by atoms with E-state index in [0.29, 0.717) is 6.54 Å². The van der Waals surface area contributed by atoms with Crippen LogP contribution >= 0.6 is 11.8 Å². The average molecular weight is 382 g/mol. The molecule has 0 unspecified atom stereocenters. The Bertz CT molecular complexity index is 544. The second-order valence-electron chi connectivity index (χ2n) is 6.72. The summed E-state index contributed by atoms with van der Waals surface area (Å²) in [5.41, 5.74) is 1.08. The molecule has 0 radical (unpaired) electrons. The first-order chi connectivity index (χ1) is 12.7. The number of nitrogens with zero attached hydrogens (tertiary/aromatic N) is 1. The van der Waals surface area contributed by atoms with Gasteiger partial charge in [0.2, 0.25) is 0 Å². The molecule has 0 aliphatic carbocycles. The van der Waals surface area contributed by atoms with Gasteiger partial charge in [-0.1, -0.05) is 12.1 Å². The maximum atomic E-state index is 13.3. The molecule has 2 N–H and O–H groups in total. The van der Waals surface area contributed by atoms with E-state index in [1.807, 2.05) is 23.9 Å². The lowest BCUT2D eigenvalue weighted by Crippen LogP contribution is -2.41. The van der Waals surface area contributed by atoms with Crippen molar-refractivity contribution < 1.29 is 9.13 Å². The predicted molar refractivity (Wildman–Crippen MR) is 110 cm³/mol. The van der Waals surface area contributed by atoms with Gasteiger partial charge in [-0.05, 0) is 62.3 Å². The van der Waals surface area contributed by atoms with Gasteiger partial charge in [-0.25, -0.2) is 4.39 Å². The molecule has 6 heteroatoms. The zero-order valence-corrected chi connectivity index (χ0v) is 16.8. The summed E-state index contributed by atoms with van der Waals surface area (Å²) in [6.45, 7) is 5.98. The third kappa shape index (κ3) is 6.47. The molecule has 146 valence electrons. The second kappa shape index (κ2) is 11.4. The molecule has 0 saturated carbocycles. The van der Waals surface area contributed by atoms with Crippen LogP contribution in [-0.2, 0) is 10.2 Å². The van der Waals surface area contributed by atoms with Crippen molar-refractivity contribution in [1.82, 2.24) is 10.6 Å². The first-order valence-corrected chi connectivity index (χ1v) is 10.9. The molecule has 0 bridgehead atoms. The van der Waals surface area contributed by atoms with Gasteiger partial charge in [0.25, 0.3) is 0 Å². The van der Waals surface area contributed by atoms with Gasteiger partial charge in [0, 0.05) is 31.7 Å². The van der Waals surface area contributed by atoms with Gasteiger partial charge < -0.3 is 15.4 Å². The van der Waals surface area contributed by atoms with Crippen LogP contribution in [0.5, 0.6) is 0 Å². The van der Waals surface area contributed by atoms with E-state index >= 15 is 0 Å². The molecule has 0 amide bonds. The third-order valence-corrected chi connectivity index (χ3v) is 5.56. The monoisotopic (exact) mass is 381 g/mol. The molecular weight excluding hydrogens is 349 g/mol. The van der Waals surface area contributed by atoms with Crippen molar-refractivity contribution >= 4 is 17.7 Å². The van der Waals surface area contributed by atoms with Crippen LogP contribution in [-0.4, -0.2) is 50.8 Å². The van der Waals surface area contributed by atoms with Crippen molar-refractivity contribution in [2.75, 3.05) is 44.9 Å². The van der Waals surface area contributed by atoms with Gasteiger partial charge in [-0.15, -0.1) is 0 Å². The summed E-state index contributed by atoms with van der Waals surface area (Å²) in [4.78, 5) is 4.87. The summed E-state index contributed by atoms with van der Waals surface area (Å²) in [7, 11) is 0. The number of rotatable bonds is 9. The smallest absolute Gasteiger partial charge is 0.191 e. The number of hydrogen-bond acceptors (Lipinski definition) is 3. The van der Waals surface area contributed by atoms with E-state index in [2.05, 4.69) is 23.8 Å². The van der Waals surface area contributed by atoms with Crippen molar-refractivity contribution in [1.29, 1.82) is 0 Å². The van der Waals surface area contributed by atoms with Crippen molar-refractivity contribution in [2.24, 2.45) is 4.99 Å². The van der Waals surface area contributed by atoms with Crippen LogP contribution in [0.1, 0.15) is 38.2 Å². The Morgan fingerprint density at radius 2 is 1.92 bits per heavy atom. The fourth-order valence-corrected chi connectivity index (χ4v) is 3.75. The molecule has 1 fully saturated rings. The zero-order valence-electron chi connectivity index (χ0n) is 16.0. The summed E-state index contributed by atoms with van der Waals surface area (Å²) in [6.07, 6.45) is 6.32. The van der Waals surface area contributed by atoms with Gasteiger partial charge in [0.15, 0.2) is 5.96 Å². The number of aliphatic imine (C=N–C) groups is 1. The number of hydrogen-bond donors (Lipinski definition) is 2. The van der Waals surface area contributed by atoms with E-state index in [9.17, 15) is 4.39 Å². The first-order valence-electron chi connectivity index (χ1n) is 9.55. The van der Waals surface area contributed by atoms with E-state index < -0.39 is 0 Å². The summed E-state index contributed by atoms with van der Waals surface area (Å²) in [6, 6.07) is 6.90. The molecule has 4 nitrogen and oxygen atoms in total. The molecule has 1 aromatic rings. The normalized spacial score (nSPS) is 17.1. The van der Waals surface area contributed by atoms with Gasteiger partial charge in [0.05, 0.1) is 6.54 Å². The van der Waals surface area contributed by atoms with Crippen molar-refractivity contribution in [3.63, 3.8) is 0 Å². The SMILES string of the molecule is CCNC(=NCC1(c2ccc(F)cc2)CCOCC1)NCCCCSC. The summed E-state index contributed by atoms with van der Waals surface area (Å²) < 4.78 is 18.9. The molecule has 1 saturated heterocycles. The van der Waals surface area contributed by atoms with Crippen molar-refractivity contribution in [3.8, 4) is 0 Å². The lowest BCUT2D eigenvalue weighted by molar-refractivity contribution is 0.0531. The number of thioether (sulfide) groups is 1. The lowest BCUT2D eigenvalue weighted by Gasteiger charge is -2.36. The third-order valence-electron chi connectivity index (χ3n) is 4.86. The van der Waals surface area contributed by atoms with E-state index in [-0.39, 0.29) is 11.2 Å². The van der Waals surface area contributed by atoms with E-state index in [0.717, 1.165) is 57.1 Å². The van der Waals surface area contributed by atoms with Crippen molar-refractivity contribution in [3.05, 3.63) is 35.6 Å². The summed E-state index contributed by atoms with van der Waals surface area (Å²) in [5.74, 6) is 1.87. The Kier molecular flexibility index (Phi) is 9.26. The molecule has 1 heterocycles. The van der Waals surface area contributed by atoms with Crippen LogP contribution < -0.4 is 10.6 Å². The first kappa shape index (κ1) is 21.0. The van der Waals surface area contributed by atoms with Gasteiger partial charge >= 0.3 is 0 Å². The maximum absolute atomic E-state index is 13.3. The second-order valence-corrected chi connectivity index (χ2v) is 7.71. The van der Waals surface area contributed by atoms with E-state index in [4.69, 9.17) is 9.73 Å². The topological polar surface area (TPSA) is 45.7 Å². The number of nitrogens with one attached hydrogen (secondary N) is 2. The van der Waals surface area contributed by atoms with Gasteiger partial charge in [-0.2, -0.15) is 11.8 Å². The Morgan fingerprint density at radius 3 is 2.58 bits per heavy atom. The number of ether oxygens (including phenoxy) is 1. The number of guanidine groups is 1. The van der Waals surface area contributed by atoms with E-state index in [1.165, 1.54) is 12.2 Å². The minimum absolute atomic E-state index is 0.0762. The number of benzene rings is 1. The number of unbranched alkanes of at least 4 members (excludes halogenated alkanes) is 1. The summed E-state index contributed by atoms with van der Waals surface area (Å²) >= 11 is 1.89. The molecule has 1 aromatic carbocycles. The van der Waals surface area contributed by atoms with Crippen LogP contribution in [0, 0.1) is 5.82 Å². The Labute approximate surface area is 161 Å². The molecule has 1 aliphatic heterocycles. The van der Waals surface area contributed by atoms with Crippen LogP contribution in [0.3, 0.4) is 0 Å². The highest BCUT2D eigenvalue weighted by atomic mass is 32.2. The van der Waals surface area contributed by atoms with Crippen LogP contribution in [0.4, 0.5) is 4.39 Å². The Morgan fingerprint density at radius 1 is 1.19 bits per heavy atom. The van der Waals surface area contributed by atoms with Crippen LogP contribution in [0.15, 0.2) is 29.3 Å². The Hall–Kier alpha value is -1.27. The highest BCUT2D eigenvalue weighted by Gasteiger charge is 2.34. The number of halogens is 1. The highest BCUT2D eigenvalue weighted by Crippen LogP contribution is 2.35. The largest absolute Gasteiger partial charge is 0.381 e. The molecule has 0 aromatic heterocycles. The van der Waals surface area contributed by atoms with Crippen molar-refractivity contribution in [2.45, 2.75) is 38.0 Å². The van der Waals surface area contributed by atoms with Gasteiger partial charge in [-0.3, -0.25) is 4.99 Å². The minimum atomic E-state index is -0.195. The van der Waals surface area contributed by atoms with Crippen LogP contribution in [0.2, 0.25) is 0 Å². The average Bonchev–Trinajstić information content (AvgIpc) is 2.67. The van der Waals surface area contributed by atoms with E-state index in [1.54, 1.807) is 12.1 Å². The fourth-order valence-electron chi connectivity index (χ4n) is 3.25. The van der Waals surface area contributed by atoms with Crippen LogP contribution in [0.25, 0.3) is 0 Å². The standard InChI is InChI=1S/C20H32FN3OS/c1-3-22-19(23-12-4-5-15-26-2)24-16-20(10-13-25-14-11-20)17-6-8-18(21)9-7-17/h6-9H,3-5,10-16H2,1-2H3,(H2,22,23,24). The molecule has 2 rings (SSSR count). The lowest BCUT2D eigenvalue weighted by atomic mass is 9.74. The summed E-state index contributed by atoms with van der Waals surface area (Å²) in [5, 5.41) is 6.77. The molecule has 1 aliphatic rings. The molecule has 0 atom stereocenters. The highest BCUT2D eigenvalue weighted by molar-refractivity contribution is 7.98. The molecule has 26 heavy (non-hydrogen) atoms. The Balaban J connectivity index is 2.04. The molecule has 0 spiro atoms. The minimum Gasteiger partial charge on any atom is -0.381 e. The fraction of sp³-hybridized carbons (Fsp3) is 0.650. The quantitative estimate of drug-likeness (QED) is 0.390. The van der Waals surface area contributed by atoms with Gasteiger partial charge in [0.1, 0.15) is 5.82 Å². The predicted octanol–water partition coefficient (Wildman–Crippen LogP) is 3.57. The maximum Gasteiger partial charge on any atom is 0.191 e. The molecular formula is C20H32FN3OS. The zero-order chi connectivity index (χ0) is 18.7.